The van der Waals surface area contributed by atoms with Crippen LogP contribution in [0.3, 0.4) is 0 Å². The zero-order chi connectivity index (χ0) is 18.1. The SMILES string of the molecule is COc1ccccc1O[C@@H](C)C(=O)NCCSCc1cccc(Cl)c1. The Labute approximate surface area is 157 Å². The molecule has 1 amide bonds. The Bertz CT molecular complexity index is 696. The number of para-hydroxylation sites is 2. The van der Waals surface area contributed by atoms with Crippen LogP contribution in [0.1, 0.15) is 12.5 Å². The maximum absolute atomic E-state index is 12.1. The van der Waals surface area contributed by atoms with Crippen molar-refractivity contribution in [2.75, 3.05) is 19.4 Å². The van der Waals surface area contributed by atoms with Crippen molar-refractivity contribution in [2.45, 2.75) is 18.8 Å². The molecule has 2 rings (SSSR count). The zero-order valence-electron chi connectivity index (χ0n) is 14.3. The number of nitrogens with one attached hydrogen (secondary N) is 1. The van der Waals surface area contributed by atoms with E-state index in [1.165, 1.54) is 5.56 Å². The topological polar surface area (TPSA) is 47.6 Å². The van der Waals surface area contributed by atoms with Crippen LogP contribution in [0.2, 0.25) is 5.02 Å². The molecule has 0 aliphatic rings. The Morgan fingerprint density at radius 1 is 1.20 bits per heavy atom. The number of rotatable bonds is 9. The van der Waals surface area contributed by atoms with E-state index in [1.54, 1.807) is 37.9 Å². The van der Waals surface area contributed by atoms with Crippen LogP contribution in [-0.2, 0) is 10.5 Å². The summed E-state index contributed by atoms with van der Waals surface area (Å²) < 4.78 is 10.9. The summed E-state index contributed by atoms with van der Waals surface area (Å²) in [5, 5.41) is 3.63. The molecule has 0 saturated heterocycles. The summed E-state index contributed by atoms with van der Waals surface area (Å²) in [5.41, 5.74) is 1.18. The van der Waals surface area contributed by atoms with Crippen molar-refractivity contribution in [3.8, 4) is 11.5 Å². The number of halogens is 1. The van der Waals surface area contributed by atoms with Gasteiger partial charge in [-0.2, -0.15) is 11.8 Å². The Balaban J connectivity index is 1.69. The number of benzene rings is 2. The van der Waals surface area contributed by atoms with Crippen LogP contribution < -0.4 is 14.8 Å². The fourth-order valence-corrected chi connectivity index (χ4v) is 3.19. The summed E-state index contributed by atoms with van der Waals surface area (Å²) in [6.45, 7) is 2.31. The van der Waals surface area contributed by atoms with Gasteiger partial charge in [0.25, 0.3) is 5.91 Å². The second-order valence-corrected chi connectivity index (χ2v) is 6.93. The van der Waals surface area contributed by atoms with E-state index in [9.17, 15) is 4.79 Å². The Morgan fingerprint density at radius 3 is 2.68 bits per heavy atom. The molecule has 134 valence electrons. The standard InChI is InChI=1S/C19H22ClNO3S/c1-14(24-18-9-4-3-8-17(18)23-2)19(22)21-10-11-25-13-15-6-5-7-16(20)12-15/h3-9,12,14H,10-11,13H2,1-2H3,(H,21,22)/t14-/m0/s1. The van der Waals surface area contributed by atoms with E-state index in [-0.39, 0.29) is 5.91 Å². The van der Waals surface area contributed by atoms with Crippen LogP contribution in [0.15, 0.2) is 48.5 Å². The first-order valence-corrected chi connectivity index (χ1v) is 9.53. The van der Waals surface area contributed by atoms with Crippen LogP contribution in [0, 0.1) is 0 Å². The molecule has 2 aromatic rings. The van der Waals surface area contributed by atoms with Crippen molar-refractivity contribution in [1.29, 1.82) is 0 Å². The van der Waals surface area contributed by atoms with E-state index >= 15 is 0 Å². The number of amides is 1. The van der Waals surface area contributed by atoms with Crippen LogP contribution in [0.25, 0.3) is 0 Å². The molecule has 1 atom stereocenters. The molecule has 0 saturated carbocycles. The summed E-state index contributed by atoms with van der Waals surface area (Å²) in [7, 11) is 1.57. The first kappa shape index (κ1) is 19.5. The van der Waals surface area contributed by atoms with E-state index < -0.39 is 6.10 Å². The molecule has 0 radical (unpaired) electrons. The van der Waals surface area contributed by atoms with Gasteiger partial charge in [-0.1, -0.05) is 35.9 Å². The molecule has 0 heterocycles. The molecular weight excluding hydrogens is 358 g/mol. The van der Waals surface area contributed by atoms with Crippen LogP contribution in [-0.4, -0.2) is 31.4 Å². The third kappa shape index (κ3) is 6.52. The largest absolute Gasteiger partial charge is 0.493 e. The van der Waals surface area contributed by atoms with Gasteiger partial charge in [-0.25, -0.2) is 0 Å². The first-order chi connectivity index (χ1) is 12.1. The minimum atomic E-state index is -0.589. The molecule has 0 fully saturated rings. The molecule has 0 aliphatic heterocycles. The molecule has 0 spiro atoms. The van der Waals surface area contributed by atoms with E-state index in [4.69, 9.17) is 21.1 Å². The van der Waals surface area contributed by atoms with Crippen molar-refractivity contribution < 1.29 is 14.3 Å². The Kier molecular flexibility index (Phi) is 7.95. The van der Waals surface area contributed by atoms with Gasteiger partial charge >= 0.3 is 0 Å². The normalized spacial score (nSPS) is 11.6. The van der Waals surface area contributed by atoms with Gasteiger partial charge in [0.2, 0.25) is 0 Å². The maximum Gasteiger partial charge on any atom is 0.260 e. The van der Waals surface area contributed by atoms with Gasteiger partial charge in [0.05, 0.1) is 7.11 Å². The minimum Gasteiger partial charge on any atom is -0.493 e. The molecule has 0 aliphatic carbocycles. The van der Waals surface area contributed by atoms with Crippen LogP contribution in [0.4, 0.5) is 0 Å². The number of carbonyl (C=O) groups is 1. The van der Waals surface area contributed by atoms with Gasteiger partial charge in [0, 0.05) is 23.1 Å². The van der Waals surface area contributed by atoms with Crippen LogP contribution >= 0.6 is 23.4 Å². The minimum absolute atomic E-state index is 0.144. The summed E-state index contributed by atoms with van der Waals surface area (Å²) >= 11 is 7.70. The molecule has 2 aromatic carbocycles. The van der Waals surface area contributed by atoms with Crippen LogP contribution in [0.5, 0.6) is 11.5 Å². The predicted octanol–water partition coefficient (Wildman–Crippen LogP) is 4.17. The summed E-state index contributed by atoms with van der Waals surface area (Å²) in [6.07, 6.45) is -0.589. The number of methoxy groups -OCH3 is 1. The number of hydrogen-bond acceptors (Lipinski definition) is 4. The van der Waals surface area contributed by atoms with Crippen molar-refractivity contribution in [3.05, 3.63) is 59.1 Å². The lowest BCUT2D eigenvalue weighted by Gasteiger charge is -2.16. The molecule has 0 aromatic heterocycles. The van der Waals surface area contributed by atoms with Gasteiger partial charge in [0.1, 0.15) is 0 Å². The zero-order valence-corrected chi connectivity index (χ0v) is 15.9. The number of hydrogen-bond donors (Lipinski definition) is 1. The lowest BCUT2D eigenvalue weighted by molar-refractivity contribution is -0.127. The molecule has 6 heteroatoms. The second-order valence-electron chi connectivity index (χ2n) is 5.38. The van der Waals surface area contributed by atoms with Crippen molar-refractivity contribution >= 4 is 29.3 Å². The van der Waals surface area contributed by atoms with E-state index in [0.29, 0.717) is 18.0 Å². The smallest absolute Gasteiger partial charge is 0.260 e. The van der Waals surface area contributed by atoms with Crippen molar-refractivity contribution in [1.82, 2.24) is 5.32 Å². The molecule has 0 bridgehead atoms. The third-order valence-electron chi connectivity index (χ3n) is 3.45. The van der Waals surface area contributed by atoms with Crippen molar-refractivity contribution in [3.63, 3.8) is 0 Å². The highest BCUT2D eigenvalue weighted by Gasteiger charge is 2.15. The van der Waals surface area contributed by atoms with E-state index in [0.717, 1.165) is 16.5 Å². The second kappa shape index (κ2) is 10.2. The average Bonchev–Trinajstić information content (AvgIpc) is 2.61. The molecule has 0 unspecified atom stereocenters. The highest BCUT2D eigenvalue weighted by Crippen LogP contribution is 2.26. The average molecular weight is 380 g/mol. The number of ether oxygens (including phenoxy) is 2. The number of carbonyl (C=O) groups excluding carboxylic acids is 1. The van der Waals surface area contributed by atoms with E-state index in [2.05, 4.69) is 5.32 Å². The fraction of sp³-hybridized carbons (Fsp3) is 0.316. The van der Waals surface area contributed by atoms with Gasteiger partial charge < -0.3 is 14.8 Å². The van der Waals surface area contributed by atoms with E-state index in [1.807, 2.05) is 36.4 Å². The maximum atomic E-state index is 12.1. The highest BCUT2D eigenvalue weighted by molar-refractivity contribution is 7.98. The van der Waals surface area contributed by atoms with Gasteiger partial charge in [-0.15, -0.1) is 0 Å². The fourth-order valence-electron chi connectivity index (χ4n) is 2.17. The summed E-state index contributed by atoms with van der Waals surface area (Å²) in [6, 6.07) is 15.1. The predicted molar refractivity (Wildman–Crippen MR) is 104 cm³/mol. The molecular formula is C19H22ClNO3S. The Morgan fingerprint density at radius 2 is 1.96 bits per heavy atom. The first-order valence-electron chi connectivity index (χ1n) is 7.99. The molecule has 4 nitrogen and oxygen atoms in total. The Hall–Kier alpha value is -1.85. The van der Waals surface area contributed by atoms with Gasteiger partial charge in [0.15, 0.2) is 17.6 Å². The van der Waals surface area contributed by atoms with Gasteiger partial charge in [-0.05, 0) is 36.8 Å². The highest BCUT2D eigenvalue weighted by atomic mass is 35.5. The molecule has 25 heavy (non-hydrogen) atoms. The number of thioether (sulfide) groups is 1. The lowest BCUT2D eigenvalue weighted by Crippen LogP contribution is -2.37. The quantitative estimate of drug-likeness (QED) is 0.664. The molecule has 1 N–H and O–H groups in total. The van der Waals surface area contributed by atoms with Gasteiger partial charge in [-0.3, -0.25) is 4.79 Å². The third-order valence-corrected chi connectivity index (χ3v) is 4.71. The lowest BCUT2D eigenvalue weighted by atomic mass is 10.2. The summed E-state index contributed by atoms with van der Waals surface area (Å²) in [5.74, 6) is 2.71. The van der Waals surface area contributed by atoms with Crippen molar-refractivity contribution in [2.24, 2.45) is 0 Å². The summed E-state index contributed by atoms with van der Waals surface area (Å²) in [4.78, 5) is 12.1. The monoisotopic (exact) mass is 379 g/mol.